The zero-order valence-electron chi connectivity index (χ0n) is 20.0. The smallest absolute Gasteiger partial charge is 0.333 e. The van der Waals surface area contributed by atoms with E-state index in [0.29, 0.717) is 47.9 Å². The third kappa shape index (κ3) is 3.90. The molecule has 2 saturated heterocycles. The van der Waals surface area contributed by atoms with Gasteiger partial charge in [-0.2, -0.15) is 4.98 Å². The first-order chi connectivity index (χ1) is 17.1. The van der Waals surface area contributed by atoms with Gasteiger partial charge in [0.1, 0.15) is 0 Å². The Bertz CT molecular complexity index is 1370. The molecule has 3 fully saturated rings. The van der Waals surface area contributed by atoms with Gasteiger partial charge in [0.25, 0.3) is 5.56 Å². The second kappa shape index (κ2) is 9.11. The Kier molecular flexibility index (Phi) is 5.94. The Morgan fingerprint density at radius 2 is 1.97 bits per heavy atom. The second-order valence-corrected chi connectivity index (χ2v) is 10.2. The average Bonchev–Trinajstić information content (AvgIpc) is 3.26. The number of hydrogen-bond donors (Lipinski definition) is 1. The van der Waals surface area contributed by atoms with Crippen LogP contribution in [0.15, 0.2) is 33.9 Å². The van der Waals surface area contributed by atoms with Crippen LogP contribution in [-0.4, -0.2) is 57.6 Å². The number of anilines is 1. The predicted molar refractivity (Wildman–Crippen MR) is 136 cm³/mol. The molecule has 2 aromatic heterocycles. The molecule has 2 aliphatic heterocycles. The third-order valence-electron chi connectivity index (χ3n) is 7.61. The number of ether oxygens (including phenoxy) is 1. The number of benzene rings is 1. The Balaban J connectivity index is 1.58. The largest absolute Gasteiger partial charge is 0.380 e. The van der Waals surface area contributed by atoms with Crippen molar-refractivity contribution in [3.63, 3.8) is 0 Å². The van der Waals surface area contributed by atoms with Gasteiger partial charge in [-0.25, -0.2) is 4.79 Å². The highest BCUT2D eigenvalue weighted by molar-refractivity contribution is 6.31. The first-order valence-corrected chi connectivity index (χ1v) is 13.0. The minimum Gasteiger partial charge on any atom is -0.380 e. The molecule has 0 amide bonds. The molecule has 1 saturated carbocycles. The van der Waals surface area contributed by atoms with Gasteiger partial charge >= 0.3 is 5.69 Å². The van der Waals surface area contributed by atoms with Gasteiger partial charge in [-0.15, -0.1) is 0 Å². The molecule has 3 aliphatic rings. The summed E-state index contributed by atoms with van der Waals surface area (Å²) in [7, 11) is 0. The van der Waals surface area contributed by atoms with Crippen molar-refractivity contribution in [1.82, 2.24) is 24.0 Å². The number of nitrogens with zero attached hydrogens (tertiary/aromatic N) is 5. The molecule has 1 aliphatic carbocycles. The van der Waals surface area contributed by atoms with Crippen LogP contribution in [0.4, 0.5) is 5.95 Å². The number of nitrogens with one attached hydrogen (secondary N) is 1. The van der Waals surface area contributed by atoms with Gasteiger partial charge in [-0.1, -0.05) is 29.8 Å². The van der Waals surface area contributed by atoms with E-state index in [1.54, 1.807) is 4.57 Å². The highest BCUT2D eigenvalue weighted by Gasteiger charge is 2.41. The van der Waals surface area contributed by atoms with Gasteiger partial charge < -0.3 is 15.0 Å². The van der Waals surface area contributed by atoms with Gasteiger partial charge in [0, 0.05) is 43.3 Å². The number of imidazole rings is 1. The van der Waals surface area contributed by atoms with Crippen molar-refractivity contribution in [3.05, 3.63) is 55.7 Å². The molecule has 0 bridgehead atoms. The fourth-order valence-electron chi connectivity index (χ4n) is 5.67. The second-order valence-electron chi connectivity index (χ2n) is 9.77. The molecule has 2 unspecified atom stereocenters. The maximum atomic E-state index is 13.9. The molecule has 1 N–H and O–H groups in total. The topological polar surface area (TPSA) is 86.3 Å². The van der Waals surface area contributed by atoms with E-state index in [4.69, 9.17) is 21.3 Å². The highest BCUT2D eigenvalue weighted by atomic mass is 35.5. The summed E-state index contributed by atoms with van der Waals surface area (Å²) in [5.41, 5.74) is 1.27. The fourth-order valence-corrected chi connectivity index (χ4v) is 5.86. The van der Waals surface area contributed by atoms with Crippen LogP contribution in [-0.2, 0) is 17.8 Å². The van der Waals surface area contributed by atoms with Crippen LogP contribution in [0.1, 0.15) is 37.8 Å². The molecule has 1 aromatic carbocycles. The van der Waals surface area contributed by atoms with Crippen molar-refractivity contribution in [3.8, 4) is 0 Å². The zero-order chi connectivity index (χ0) is 24.1. The van der Waals surface area contributed by atoms with E-state index in [0.717, 1.165) is 50.4 Å². The maximum Gasteiger partial charge on any atom is 0.333 e. The van der Waals surface area contributed by atoms with E-state index in [-0.39, 0.29) is 23.8 Å². The van der Waals surface area contributed by atoms with E-state index < -0.39 is 0 Å². The minimum absolute atomic E-state index is 0.0833. The number of rotatable bonds is 8. The molecule has 9 nitrogen and oxygen atoms in total. The number of aromatic nitrogens is 4. The number of hydrogen-bond acceptors (Lipinski definition) is 6. The summed E-state index contributed by atoms with van der Waals surface area (Å²) in [6.07, 6.45) is 2.93. The molecule has 2 atom stereocenters. The lowest BCUT2D eigenvalue weighted by molar-refractivity contribution is 0.137. The molecule has 4 heterocycles. The van der Waals surface area contributed by atoms with E-state index >= 15 is 0 Å². The highest BCUT2D eigenvalue weighted by Crippen LogP contribution is 2.38. The van der Waals surface area contributed by atoms with Gasteiger partial charge in [0.2, 0.25) is 5.95 Å². The van der Waals surface area contributed by atoms with Crippen LogP contribution >= 0.6 is 11.6 Å². The van der Waals surface area contributed by atoms with Gasteiger partial charge in [-0.3, -0.25) is 18.5 Å². The van der Waals surface area contributed by atoms with Crippen molar-refractivity contribution >= 4 is 28.7 Å². The van der Waals surface area contributed by atoms with Crippen molar-refractivity contribution in [2.24, 2.45) is 5.92 Å². The summed E-state index contributed by atoms with van der Waals surface area (Å²) in [5.74, 6) is 1.32. The molecule has 0 spiro atoms. The molecule has 3 aromatic rings. The van der Waals surface area contributed by atoms with E-state index in [1.807, 2.05) is 35.8 Å². The molecule has 35 heavy (non-hydrogen) atoms. The normalized spacial score (nSPS) is 21.8. The first-order valence-electron chi connectivity index (χ1n) is 12.6. The lowest BCUT2D eigenvalue weighted by atomic mass is 10.1. The van der Waals surface area contributed by atoms with E-state index in [2.05, 4.69) is 10.2 Å². The summed E-state index contributed by atoms with van der Waals surface area (Å²) < 4.78 is 10.6. The number of fused-ring (bicyclic) bond motifs is 2. The van der Waals surface area contributed by atoms with Crippen molar-refractivity contribution in [2.75, 3.05) is 37.7 Å². The van der Waals surface area contributed by atoms with Gasteiger partial charge in [0.15, 0.2) is 11.2 Å². The van der Waals surface area contributed by atoms with Crippen LogP contribution in [0, 0.1) is 5.92 Å². The van der Waals surface area contributed by atoms with Gasteiger partial charge in [-0.05, 0) is 43.7 Å². The Labute approximate surface area is 208 Å². The zero-order valence-corrected chi connectivity index (χ0v) is 20.7. The Morgan fingerprint density at radius 3 is 2.74 bits per heavy atom. The Morgan fingerprint density at radius 1 is 1.14 bits per heavy atom. The van der Waals surface area contributed by atoms with Crippen molar-refractivity contribution in [2.45, 2.75) is 51.4 Å². The van der Waals surface area contributed by atoms with Crippen LogP contribution in [0.5, 0.6) is 0 Å². The summed E-state index contributed by atoms with van der Waals surface area (Å²) in [6, 6.07) is 8.11. The molecule has 6 rings (SSSR count). The van der Waals surface area contributed by atoms with Gasteiger partial charge in [0.05, 0.1) is 19.7 Å². The Hall–Kier alpha value is -2.62. The van der Waals surface area contributed by atoms with Crippen LogP contribution in [0.2, 0.25) is 5.02 Å². The van der Waals surface area contributed by atoms with Crippen molar-refractivity contribution < 1.29 is 4.74 Å². The summed E-state index contributed by atoms with van der Waals surface area (Å²) in [5, 5.41) is 4.15. The van der Waals surface area contributed by atoms with Crippen molar-refractivity contribution in [1.29, 1.82) is 0 Å². The standard InChI is InChI=1S/C25H31ClN6O3/c1-2-35-12-11-30-23(33)21-22(32(25(30)34)18-7-8-18)28-24(29-10-9-16-13-27-14-20(16)29)31(21)15-17-5-3-4-6-19(17)26/h3-6,16,18,20,27H,2,7-15H2,1H3. The summed E-state index contributed by atoms with van der Waals surface area (Å²) in [6.45, 7) is 6.17. The predicted octanol–water partition coefficient (Wildman–Crippen LogP) is 2.23. The van der Waals surface area contributed by atoms with Crippen LogP contribution in [0.25, 0.3) is 11.2 Å². The quantitative estimate of drug-likeness (QED) is 0.479. The summed E-state index contributed by atoms with van der Waals surface area (Å²) in [4.78, 5) is 34.7. The molecule has 186 valence electrons. The fraction of sp³-hybridized carbons (Fsp3) is 0.560. The van der Waals surface area contributed by atoms with Crippen LogP contribution in [0.3, 0.4) is 0 Å². The summed E-state index contributed by atoms with van der Waals surface area (Å²) >= 11 is 6.55. The molecular formula is C25H31ClN6O3. The molecular weight excluding hydrogens is 468 g/mol. The monoisotopic (exact) mass is 498 g/mol. The minimum atomic E-state index is -0.312. The third-order valence-corrected chi connectivity index (χ3v) is 7.97. The van der Waals surface area contributed by atoms with E-state index in [1.165, 1.54) is 4.57 Å². The molecule has 10 heteroatoms. The maximum absolute atomic E-state index is 13.9. The lowest BCUT2D eigenvalue weighted by Gasteiger charge is -2.25. The van der Waals surface area contributed by atoms with E-state index in [9.17, 15) is 9.59 Å². The SMILES string of the molecule is CCOCCn1c(=O)c2c(nc(N3CCC4CNCC43)n2Cc2ccccc2Cl)n(C2CC2)c1=O. The first kappa shape index (κ1) is 22.8. The average molecular weight is 499 g/mol. The lowest BCUT2D eigenvalue weighted by Crippen LogP contribution is -2.41. The van der Waals surface area contributed by atoms with Crippen LogP contribution < -0.4 is 21.5 Å². The number of halogens is 1. The molecule has 0 radical (unpaired) electrons.